The van der Waals surface area contributed by atoms with Crippen LogP contribution in [0.2, 0.25) is 0 Å². The predicted molar refractivity (Wildman–Crippen MR) is 124 cm³/mol. The second-order valence-corrected chi connectivity index (χ2v) is 9.52. The van der Waals surface area contributed by atoms with Gasteiger partial charge < -0.3 is 5.32 Å². The molecule has 31 heavy (non-hydrogen) atoms. The smallest absolute Gasteiger partial charge is 0.259 e. The molecule has 1 aliphatic carbocycles. The highest BCUT2D eigenvalue weighted by atomic mass is 32.2. The van der Waals surface area contributed by atoms with Crippen molar-refractivity contribution in [2.24, 2.45) is 0 Å². The summed E-state index contributed by atoms with van der Waals surface area (Å²) in [5, 5.41) is 3.18. The van der Waals surface area contributed by atoms with Crippen molar-refractivity contribution in [2.45, 2.75) is 19.8 Å². The van der Waals surface area contributed by atoms with Crippen LogP contribution in [-0.2, 0) is 10.0 Å². The lowest BCUT2D eigenvalue weighted by Gasteiger charge is -2.16. The molecule has 156 valence electrons. The molecule has 0 atom stereocenters. The summed E-state index contributed by atoms with van der Waals surface area (Å²) in [6, 6.07) is 12.9. The molecule has 0 fully saturated rings. The monoisotopic (exact) mass is 450 g/mol. The van der Waals surface area contributed by atoms with E-state index in [1.807, 2.05) is 49.4 Å². The van der Waals surface area contributed by atoms with Crippen LogP contribution >= 0.6 is 11.7 Å². The fourth-order valence-electron chi connectivity index (χ4n) is 3.29. The standard InChI is InChI=1S/C21H18N6O2S2/c1-13-6-9-15(10-7-13)31(28,29)27-21-20(23-16-4-2-3-5-17(16)24-21)22-14-8-11-18-19(12-14)26-30-25-18/h2-6,8-9,11-12H,7,10H2,1H3,(H,22,23)(H,24,27). The third kappa shape index (κ3) is 3.99. The maximum Gasteiger partial charge on any atom is 0.259 e. The largest absolute Gasteiger partial charge is 0.337 e. The molecule has 0 saturated heterocycles. The summed E-state index contributed by atoms with van der Waals surface area (Å²) in [4.78, 5) is 9.48. The van der Waals surface area contributed by atoms with Gasteiger partial charge >= 0.3 is 0 Å². The highest BCUT2D eigenvalue weighted by molar-refractivity contribution is 7.96. The summed E-state index contributed by atoms with van der Waals surface area (Å²) in [6.07, 6.45) is 4.64. The number of benzene rings is 2. The van der Waals surface area contributed by atoms with E-state index in [2.05, 4.69) is 28.8 Å². The Morgan fingerprint density at radius 3 is 2.35 bits per heavy atom. The highest BCUT2D eigenvalue weighted by Gasteiger charge is 2.22. The summed E-state index contributed by atoms with van der Waals surface area (Å²) in [6.45, 7) is 1.98. The fourth-order valence-corrected chi connectivity index (χ4v) is 4.96. The van der Waals surface area contributed by atoms with Gasteiger partial charge in [0.15, 0.2) is 11.6 Å². The van der Waals surface area contributed by atoms with Crippen LogP contribution in [0.25, 0.3) is 22.1 Å². The summed E-state index contributed by atoms with van der Waals surface area (Å²) in [7, 11) is -3.77. The lowest BCUT2D eigenvalue weighted by Crippen LogP contribution is -2.18. The molecular formula is C21H18N6O2S2. The van der Waals surface area contributed by atoms with Gasteiger partial charge in [0.05, 0.1) is 27.7 Å². The van der Waals surface area contributed by atoms with E-state index in [1.165, 1.54) is 0 Å². The third-order valence-corrected chi connectivity index (χ3v) is 7.03. The molecule has 0 bridgehead atoms. The molecule has 0 amide bonds. The molecule has 10 heteroatoms. The number of aromatic nitrogens is 4. The van der Waals surface area contributed by atoms with Gasteiger partial charge in [0.2, 0.25) is 0 Å². The van der Waals surface area contributed by atoms with E-state index >= 15 is 0 Å². The zero-order chi connectivity index (χ0) is 21.4. The van der Waals surface area contributed by atoms with E-state index in [9.17, 15) is 8.42 Å². The van der Waals surface area contributed by atoms with Crippen molar-refractivity contribution in [1.29, 1.82) is 0 Å². The van der Waals surface area contributed by atoms with Crippen molar-refractivity contribution in [2.75, 3.05) is 10.0 Å². The number of nitrogens with one attached hydrogen (secondary N) is 2. The molecule has 0 aliphatic heterocycles. The topological polar surface area (TPSA) is 110 Å². The molecule has 2 aromatic heterocycles. The number of allylic oxidation sites excluding steroid dienone is 4. The van der Waals surface area contributed by atoms with Crippen LogP contribution < -0.4 is 10.0 Å². The van der Waals surface area contributed by atoms with Crippen molar-refractivity contribution in [3.05, 3.63) is 65.1 Å². The molecule has 0 unspecified atom stereocenters. The van der Waals surface area contributed by atoms with Crippen LogP contribution in [0.4, 0.5) is 17.3 Å². The number of rotatable bonds is 5. The molecule has 2 N–H and O–H groups in total. The first-order valence-electron chi connectivity index (χ1n) is 9.63. The van der Waals surface area contributed by atoms with Gasteiger partial charge in [-0.15, -0.1) is 0 Å². The minimum atomic E-state index is -3.77. The lowest BCUT2D eigenvalue weighted by molar-refractivity contribution is 0.604. The van der Waals surface area contributed by atoms with Crippen LogP contribution in [0, 0.1) is 0 Å². The zero-order valence-corrected chi connectivity index (χ0v) is 18.2. The average molecular weight is 451 g/mol. The number of anilines is 3. The molecule has 1 aliphatic rings. The van der Waals surface area contributed by atoms with Crippen molar-refractivity contribution in [3.8, 4) is 0 Å². The first-order valence-corrected chi connectivity index (χ1v) is 11.8. The molecule has 4 aromatic rings. The Kier molecular flexibility index (Phi) is 4.87. The predicted octanol–water partition coefficient (Wildman–Crippen LogP) is 4.74. The maximum absolute atomic E-state index is 13.0. The van der Waals surface area contributed by atoms with Gasteiger partial charge in [-0.3, -0.25) is 4.72 Å². The van der Waals surface area contributed by atoms with E-state index in [1.54, 1.807) is 12.1 Å². The average Bonchev–Trinajstić information content (AvgIpc) is 3.22. The Labute approximate surface area is 183 Å². The second-order valence-electron chi connectivity index (χ2n) is 7.25. The highest BCUT2D eigenvalue weighted by Crippen LogP contribution is 2.30. The number of nitrogens with zero attached hydrogens (tertiary/aromatic N) is 4. The van der Waals surface area contributed by atoms with Crippen LogP contribution in [0.15, 0.2) is 65.1 Å². The van der Waals surface area contributed by atoms with E-state index in [0.29, 0.717) is 40.3 Å². The van der Waals surface area contributed by atoms with Crippen LogP contribution in [0.1, 0.15) is 19.8 Å². The molecular weight excluding hydrogens is 432 g/mol. The SMILES string of the molecule is CC1=CC=C(S(=O)(=O)Nc2nc3ccccc3nc2Nc2ccc3nsnc3c2)CC1. The Bertz CT molecular complexity index is 1470. The van der Waals surface area contributed by atoms with E-state index in [4.69, 9.17) is 0 Å². The minimum Gasteiger partial charge on any atom is -0.337 e. The number of para-hydroxylation sites is 2. The summed E-state index contributed by atoms with van der Waals surface area (Å²) in [5.41, 5.74) is 4.66. The van der Waals surface area contributed by atoms with E-state index in [0.717, 1.165) is 28.3 Å². The molecule has 5 rings (SSSR count). The summed E-state index contributed by atoms with van der Waals surface area (Å²) < 4.78 is 37.1. The molecule has 2 aromatic carbocycles. The second kappa shape index (κ2) is 7.71. The van der Waals surface area contributed by atoms with Gasteiger partial charge in [-0.05, 0) is 56.2 Å². The number of hydrogen-bond donors (Lipinski definition) is 2. The molecule has 8 nitrogen and oxygen atoms in total. The quantitative estimate of drug-likeness (QED) is 0.452. The molecule has 2 heterocycles. The summed E-state index contributed by atoms with van der Waals surface area (Å²) >= 11 is 1.14. The number of sulfonamides is 1. The molecule has 0 radical (unpaired) electrons. The Morgan fingerprint density at radius 2 is 1.61 bits per heavy atom. The first kappa shape index (κ1) is 19.6. The van der Waals surface area contributed by atoms with Gasteiger partial charge in [0.25, 0.3) is 10.0 Å². The van der Waals surface area contributed by atoms with Crippen LogP contribution in [-0.4, -0.2) is 27.1 Å². The number of fused-ring (bicyclic) bond motifs is 2. The molecule has 0 spiro atoms. The Hall–Kier alpha value is -3.37. The van der Waals surface area contributed by atoms with E-state index < -0.39 is 10.0 Å². The summed E-state index contributed by atoms with van der Waals surface area (Å²) in [5.74, 6) is 0.454. The maximum atomic E-state index is 13.0. The van der Waals surface area contributed by atoms with Crippen LogP contribution in [0.5, 0.6) is 0 Å². The first-order chi connectivity index (χ1) is 15.0. The fraction of sp³-hybridized carbons (Fsp3) is 0.143. The van der Waals surface area contributed by atoms with E-state index in [-0.39, 0.29) is 5.82 Å². The minimum absolute atomic E-state index is 0.141. The van der Waals surface area contributed by atoms with Gasteiger partial charge in [0, 0.05) is 5.69 Å². The van der Waals surface area contributed by atoms with Crippen molar-refractivity contribution >= 4 is 61.1 Å². The van der Waals surface area contributed by atoms with Gasteiger partial charge in [0.1, 0.15) is 11.0 Å². The van der Waals surface area contributed by atoms with Crippen LogP contribution in [0.3, 0.4) is 0 Å². The van der Waals surface area contributed by atoms with Crippen molar-refractivity contribution < 1.29 is 8.42 Å². The van der Waals surface area contributed by atoms with Crippen molar-refractivity contribution in [3.63, 3.8) is 0 Å². The Morgan fingerprint density at radius 1 is 0.871 bits per heavy atom. The number of hydrogen-bond acceptors (Lipinski definition) is 8. The molecule has 0 saturated carbocycles. The normalized spacial score (nSPS) is 14.4. The van der Waals surface area contributed by atoms with Crippen molar-refractivity contribution in [1.82, 2.24) is 18.7 Å². The zero-order valence-electron chi connectivity index (χ0n) is 16.5. The third-order valence-electron chi connectivity index (χ3n) is 4.98. The van der Waals surface area contributed by atoms with Gasteiger partial charge in [-0.25, -0.2) is 18.4 Å². The lowest BCUT2D eigenvalue weighted by atomic mass is 10.1. The van der Waals surface area contributed by atoms with Gasteiger partial charge in [-0.1, -0.05) is 23.8 Å². The van der Waals surface area contributed by atoms with Gasteiger partial charge in [-0.2, -0.15) is 8.75 Å². The Balaban J connectivity index is 1.56.